The Bertz CT molecular complexity index is 2340. The normalized spacial score (nSPS) is 57.2. The molecule has 0 aromatic heterocycles. The van der Waals surface area contributed by atoms with Gasteiger partial charge in [-0.05, 0) is 73.8 Å². The number of hydrogen-bond acceptors (Lipinski definition) is 19. The van der Waals surface area contributed by atoms with E-state index in [-0.39, 0.29) is 146 Å². The quantitative estimate of drug-likeness (QED) is 0.251. The highest BCUT2D eigenvalue weighted by Gasteiger charge is 2.70. The van der Waals surface area contributed by atoms with E-state index in [2.05, 4.69) is 40.9 Å². The number of carbonyl (C=O) groups excluding carboxylic acids is 1. The highest BCUT2D eigenvalue weighted by molar-refractivity contribution is 5.70. The molecule has 16 fully saturated rings. The van der Waals surface area contributed by atoms with Crippen molar-refractivity contribution in [2.75, 3.05) is 6.61 Å². The number of fused-ring (bicyclic) bond motifs is 10. The largest absolute Gasteiger partial charge is 0.459 e. The third-order valence-corrected chi connectivity index (χ3v) is 21.9. The first-order valence-electron chi connectivity index (χ1n) is 30.8. The Morgan fingerprint density at radius 3 is 2.03 bits per heavy atom. The standard InChI is InChI=1S/C60H86O19/c1-26-13-33-7-9-37-27(2)14-35(65-37)11-12-58-23-46-54(78-58)55-56(72-46)57(79-58)53-38(69-55)10-8-34(67-53)16-48(64)73-52-31(6)51-43(68-42(52)17-39(66-33)30(26)5)19-41-45(71-51)22-60(74-41)24-47-50(77-60)29(4)21-59(76-47)20-28(3)49-44(75-59)18-40(70-49)36(63)15-32(62)25-61/h26,28-29,31-47,49-57,61-63H,2,5,7-25H2,1,3-4,6H3/t26-,28+,29+,31+,32-,33+,34-,35+,36+,37+,38+,39-,40+,41-,42+,43+,44+,45-,46+,47+,49+,50+,51+,52-,53+,54+,55+,56-,57+,58+,59-,60+/m1/s1. The van der Waals surface area contributed by atoms with Crippen LogP contribution < -0.4 is 0 Å². The molecule has 32 atom stereocenters. The van der Waals surface area contributed by atoms with Crippen LogP contribution in [-0.2, 0) is 75.8 Å². The Kier molecular flexibility index (Phi) is 13.8. The van der Waals surface area contributed by atoms with Gasteiger partial charge in [-0.25, -0.2) is 0 Å². The average molecular weight is 1110 g/mol. The molecule has 0 radical (unpaired) electrons. The van der Waals surface area contributed by atoms with E-state index in [4.69, 9.17) is 71.1 Å². The lowest BCUT2D eigenvalue weighted by Crippen LogP contribution is -2.62. The van der Waals surface area contributed by atoms with Gasteiger partial charge in [0.25, 0.3) is 0 Å². The van der Waals surface area contributed by atoms with Gasteiger partial charge in [-0.15, -0.1) is 0 Å². The first kappa shape index (κ1) is 54.0. The molecular formula is C60H86O19. The molecule has 16 rings (SSSR count). The Hall–Kier alpha value is -1.73. The molecule has 79 heavy (non-hydrogen) atoms. The molecule has 0 amide bonds. The van der Waals surface area contributed by atoms with Crippen LogP contribution in [0.25, 0.3) is 0 Å². The molecular weight excluding hydrogens is 1020 g/mol. The van der Waals surface area contributed by atoms with Crippen LogP contribution in [0.2, 0.25) is 0 Å². The molecule has 16 aliphatic rings. The first-order valence-corrected chi connectivity index (χ1v) is 30.8. The molecule has 16 heterocycles. The monoisotopic (exact) mass is 1110 g/mol. The Morgan fingerprint density at radius 2 is 1.18 bits per heavy atom. The van der Waals surface area contributed by atoms with Crippen LogP contribution in [0.15, 0.2) is 24.3 Å². The molecule has 0 saturated carbocycles. The zero-order chi connectivity index (χ0) is 54.0. The third kappa shape index (κ3) is 9.43. The predicted octanol–water partition coefficient (Wildman–Crippen LogP) is 4.93. The second-order valence-electron chi connectivity index (χ2n) is 27.5. The van der Waals surface area contributed by atoms with E-state index in [0.717, 1.165) is 49.7 Å². The molecule has 3 N–H and O–H groups in total. The van der Waals surface area contributed by atoms with Gasteiger partial charge in [-0.3, -0.25) is 4.79 Å². The van der Waals surface area contributed by atoms with Crippen molar-refractivity contribution in [2.24, 2.45) is 23.7 Å². The van der Waals surface area contributed by atoms with E-state index in [1.54, 1.807) is 0 Å². The van der Waals surface area contributed by atoms with Gasteiger partial charge in [0.2, 0.25) is 0 Å². The van der Waals surface area contributed by atoms with E-state index >= 15 is 0 Å². The maximum Gasteiger partial charge on any atom is 0.308 e. The van der Waals surface area contributed by atoms with Gasteiger partial charge in [0, 0.05) is 70.1 Å². The fraction of sp³-hybridized carbons (Fsp3) is 0.917. The minimum Gasteiger partial charge on any atom is -0.459 e. The summed E-state index contributed by atoms with van der Waals surface area (Å²) in [7, 11) is 0. The highest BCUT2D eigenvalue weighted by Crippen LogP contribution is 2.58. The minimum absolute atomic E-state index is 0.0143. The zero-order valence-electron chi connectivity index (χ0n) is 46.5. The summed E-state index contributed by atoms with van der Waals surface area (Å²) in [6.07, 6.45) is 2.17. The minimum atomic E-state index is -1.02. The van der Waals surface area contributed by atoms with Crippen LogP contribution in [-0.4, -0.2) is 198 Å². The van der Waals surface area contributed by atoms with Crippen LogP contribution in [0, 0.1) is 23.7 Å². The van der Waals surface area contributed by atoms with Gasteiger partial charge in [-0.1, -0.05) is 40.9 Å². The third-order valence-electron chi connectivity index (χ3n) is 21.9. The smallest absolute Gasteiger partial charge is 0.308 e. The fourth-order valence-electron chi connectivity index (χ4n) is 18.2. The van der Waals surface area contributed by atoms with Crippen LogP contribution >= 0.6 is 0 Å². The molecule has 0 unspecified atom stereocenters. The van der Waals surface area contributed by atoms with Gasteiger partial charge in [0.1, 0.15) is 36.6 Å². The lowest BCUT2D eigenvalue weighted by Gasteiger charge is -2.50. The summed E-state index contributed by atoms with van der Waals surface area (Å²) in [5.41, 5.74) is 2.15. The molecule has 12 bridgehead atoms. The van der Waals surface area contributed by atoms with E-state index in [1.807, 2.05) is 0 Å². The summed E-state index contributed by atoms with van der Waals surface area (Å²) in [6, 6.07) is 0. The second-order valence-corrected chi connectivity index (χ2v) is 27.5. The van der Waals surface area contributed by atoms with Crippen molar-refractivity contribution >= 4 is 5.97 Å². The summed E-state index contributed by atoms with van der Waals surface area (Å²) in [6.45, 7) is 17.4. The second kappa shape index (κ2) is 20.2. The summed E-state index contributed by atoms with van der Waals surface area (Å²) in [5.74, 6) is -2.77. The molecule has 19 nitrogen and oxygen atoms in total. The number of carbonyl (C=O) groups is 1. The van der Waals surface area contributed by atoms with Crippen LogP contribution in [0.3, 0.4) is 0 Å². The van der Waals surface area contributed by atoms with Crippen LogP contribution in [0.1, 0.15) is 143 Å². The van der Waals surface area contributed by atoms with Gasteiger partial charge in [0.05, 0.1) is 129 Å². The SMILES string of the molecule is C=C1C[C@@H]2CC[C@@]34C[C@@H]5O[C@@H]6[C@@H](O[C@H]7CC[C@H](CC(=O)O[C@@H]8[C@@H](C)[C@@H]9O[C@@H]%10C[C@]%11(C[C@@H]%12O[C@]%13(C[C@H](C)[C@@H]%14O[C@H]([C@@H](O)C[C@@H](O)CO)C[C@@H]%14O%13)C[C@H](C)[C@@H]%12O%11)O[C@@H]%10C[C@@H]9O[C@H]8C[C@H]8O[C@@H](CC[C@@H]1O2)C[C@@H](C)C8=C)O[C@@H]7[C@@H]6O3)[C@H]5O4. The lowest BCUT2D eigenvalue weighted by atomic mass is 9.79. The van der Waals surface area contributed by atoms with E-state index in [0.29, 0.717) is 64.2 Å². The van der Waals surface area contributed by atoms with Crippen molar-refractivity contribution in [3.63, 3.8) is 0 Å². The summed E-state index contributed by atoms with van der Waals surface area (Å²) >= 11 is 0. The van der Waals surface area contributed by atoms with Gasteiger partial charge in [-0.2, -0.15) is 0 Å². The number of rotatable bonds is 4. The molecule has 19 heteroatoms. The van der Waals surface area contributed by atoms with Crippen molar-refractivity contribution in [1.29, 1.82) is 0 Å². The van der Waals surface area contributed by atoms with Gasteiger partial charge in [0.15, 0.2) is 17.4 Å². The van der Waals surface area contributed by atoms with Crippen LogP contribution in [0.5, 0.6) is 0 Å². The maximum absolute atomic E-state index is 14.6. The number of esters is 1. The Morgan fingerprint density at radius 1 is 0.506 bits per heavy atom. The zero-order valence-corrected chi connectivity index (χ0v) is 46.5. The lowest BCUT2D eigenvalue weighted by molar-refractivity contribution is -0.347. The van der Waals surface area contributed by atoms with Gasteiger partial charge >= 0.3 is 5.97 Å². The summed E-state index contributed by atoms with van der Waals surface area (Å²) < 4.78 is 104. The number of aliphatic hydroxyl groups is 3. The fourth-order valence-corrected chi connectivity index (χ4v) is 18.2. The van der Waals surface area contributed by atoms with E-state index in [9.17, 15) is 20.1 Å². The highest BCUT2D eigenvalue weighted by atomic mass is 16.8. The van der Waals surface area contributed by atoms with Crippen molar-refractivity contribution in [2.45, 2.75) is 313 Å². The molecule has 0 aliphatic carbocycles. The van der Waals surface area contributed by atoms with E-state index in [1.165, 1.54) is 0 Å². The molecule has 0 aromatic carbocycles. The molecule has 16 saturated heterocycles. The van der Waals surface area contributed by atoms with Crippen molar-refractivity contribution in [1.82, 2.24) is 0 Å². The Balaban J connectivity index is 0.655. The molecule has 3 spiro atoms. The number of aliphatic hydroxyl groups excluding tert-OH is 3. The molecule has 16 aliphatic heterocycles. The van der Waals surface area contributed by atoms with Crippen molar-refractivity contribution in [3.8, 4) is 0 Å². The van der Waals surface area contributed by atoms with Crippen molar-refractivity contribution < 1.29 is 91.2 Å². The summed E-state index contributed by atoms with van der Waals surface area (Å²) in [4.78, 5) is 14.6. The van der Waals surface area contributed by atoms with Gasteiger partial charge < -0.3 is 86.4 Å². The maximum atomic E-state index is 14.6. The molecule has 440 valence electrons. The number of hydrogen-bond donors (Lipinski definition) is 3. The van der Waals surface area contributed by atoms with Crippen molar-refractivity contribution in [3.05, 3.63) is 24.3 Å². The molecule has 0 aromatic rings. The number of ether oxygens (including phenoxy) is 15. The summed E-state index contributed by atoms with van der Waals surface area (Å²) in [5, 5.41) is 30.3. The Labute approximate surface area is 463 Å². The average Bonchev–Trinajstić information content (AvgIpc) is 4.46. The topological polar surface area (TPSA) is 216 Å². The van der Waals surface area contributed by atoms with Crippen LogP contribution in [0.4, 0.5) is 0 Å². The predicted molar refractivity (Wildman–Crippen MR) is 274 cm³/mol. The van der Waals surface area contributed by atoms with E-state index < -0.39 is 72.8 Å². The first-order chi connectivity index (χ1) is 38.0.